The molecule has 1 atom stereocenters. The molecule has 2 aromatic rings. The zero-order valence-corrected chi connectivity index (χ0v) is 12.1. The summed E-state index contributed by atoms with van der Waals surface area (Å²) >= 11 is 0. The molecule has 106 valence electrons. The van der Waals surface area contributed by atoms with Gasteiger partial charge in [0.05, 0.1) is 6.20 Å². The zero-order chi connectivity index (χ0) is 13.9. The molecule has 1 heterocycles. The molecule has 0 fully saturated rings. The first-order chi connectivity index (χ1) is 9.81. The van der Waals surface area contributed by atoms with E-state index in [1.165, 1.54) is 11.1 Å². The van der Waals surface area contributed by atoms with Gasteiger partial charge in [-0.3, -0.25) is 4.68 Å². The van der Waals surface area contributed by atoms with Gasteiger partial charge < -0.3 is 10.1 Å². The summed E-state index contributed by atoms with van der Waals surface area (Å²) in [7, 11) is 2.02. The van der Waals surface area contributed by atoms with Crippen LogP contribution in [0.4, 0.5) is 0 Å². The van der Waals surface area contributed by atoms with Gasteiger partial charge >= 0.3 is 0 Å². The van der Waals surface area contributed by atoms with Gasteiger partial charge in [0.15, 0.2) is 0 Å². The number of ether oxygens (including phenoxy) is 1. The van der Waals surface area contributed by atoms with E-state index < -0.39 is 0 Å². The number of nitrogens with zero attached hydrogens (tertiary/aromatic N) is 2. The monoisotopic (exact) mass is 271 g/mol. The van der Waals surface area contributed by atoms with E-state index in [9.17, 15) is 0 Å². The van der Waals surface area contributed by atoms with Crippen LogP contribution in [0.15, 0.2) is 30.6 Å². The maximum atomic E-state index is 6.00. The van der Waals surface area contributed by atoms with Gasteiger partial charge in [-0.15, -0.1) is 0 Å². The minimum Gasteiger partial charge on any atom is -0.488 e. The van der Waals surface area contributed by atoms with Crippen molar-refractivity contribution in [1.29, 1.82) is 0 Å². The van der Waals surface area contributed by atoms with Crippen molar-refractivity contribution in [2.24, 2.45) is 0 Å². The van der Waals surface area contributed by atoms with Gasteiger partial charge in [-0.05, 0) is 44.0 Å². The number of benzene rings is 1. The Balaban J connectivity index is 1.74. The molecule has 1 aromatic heterocycles. The standard InChI is InChI=1S/C16H21N3O/c1-3-19-10-12(9-18-19)11-20-16-6-4-5-13-14(16)7-8-15(13)17-2/h4-6,9-10,15,17H,3,7-8,11H2,1-2H3. The van der Waals surface area contributed by atoms with E-state index in [0.717, 1.165) is 30.7 Å². The van der Waals surface area contributed by atoms with Crippen LogP contribution in [0.1, 0.15) is 36.1 Å². The lowest BCUT2D eigenvalue weighted by Crippen LogP contribution is -2.12. The fourth-order valence-corrected chi connectivity index (χ4v) is 2.87. The van der Waals surface area contributed by atoms with Crippen LogP contribution in [0.5, 0.6) is 5.75 Å². The molecule has 0 saturated carbocycles. The summed E-state index contributed by atoms with van der Waals surface area (Å²) in [5.74, 6) is 1.02. The predicted octanol–water partition coefficient (Wildman–Crippen LogP) is 2.69. The van der Waals surface area contributed by atoms with E-state index in [1.54, 1.807) is 0 Å². The summed E-state index contributed by atoms with van der Waals surface area (Å²) in [5, 5.41) is 7.63. The second kappa shape index (κ2) is 5.67. The van der Waals surface area contributed by atoms with Crippen LogP contribution in [0.25, 0.3) is 0 Å². The molecule has 1 aromatic carbocycles. The van der Waals surface area contributed by atoms with Gasteiger partial charge in [-0.1, -0.05) is 12.1 Å². The van der Waals surface area contributed by atoms with Crippen molar-refractivity contribution in [3.8, 4) is 5.75 Å². The van der Waals surface area contributed by atoms with Crippen molar-refractivity contribution >= 4 is 0 Å². The summed E-state index contributed by atoms with van der Waals surface area (Å²) in [5.41, 5.74) is 3.86. The Morgan fingerprint density at radius 2 is 2.35 bits per heavy atom. The SMILES string of the molecule is CCn1cc(COc2cccc3c2CCC3NC)cn1. The molecule has 1 aliphatic rings. The molecule has 1 N–H and O–H groups in total. The van der Waals surface area contributed by atoms with Crippen LogP contribution in [0.3, 0.4) is 0 Å². The fourth-order valence-electron chi connectivity index (χ4n) is 2.87. The Hall–Kier alpha value is -1.81. The lowest BCUT2D eigenvalue weighted by Gasteiger charge is -2.12. The lowest BCUT2D eigenvalue weighted by molar-refractivity contribution is 0.303. The summed E-state index contributed by atoms with van der Waals surface area (Å²) in [6, 6.07) is 6.82. The molecule has 1 unspecified atom stereocenters. The second-order valence-corrected chi connectivity index (χ2v) is 5.20. The number of hydrogen-bond donors (Lipinski definition) is 1. The number of aromatic nitrogens is 2. The molecular formula is C16H21N3O. The molecule has 3 rings (SSSR count). The highest BCUT2D eigenvalue weighted by Crippen LogP contribution is 2.36. The minimum atomic E-state index is 0.469. The van der Waals surface area contributed by atoms with Gasteiger partial charge in [-0.25, -0.2) is 0 Å². The number of aryl methyl sites for hydroxylation is 1. The molecule has 0 amide bonds. The normalized spacial score (nSPS) is 17.2. The largest absolute Gasteiger partial charge is 0.488 e. The van der Waals surface area contributed by atoms with Crippen molar-refractivity contribution in [3.63, 3.8) is 0 Å². The van der Waals surface area contributed by atoms with Crippen LogP contribution in [-0.4, -0.2) is 16.8 Å². The van der Waals surface area contributed by atoms with E-state index in [-0.39, 0.29) is 0 Å². The summed E-state index contributed by atoms with van der Waals surface area (Å²) in [4.78, 5) is 0. The maximum Gasteiger partial charge on any atom is 0.123 e. The van der Waals surface area contributed by atoms with Crippen molar-refractivity contribution in [3.05, 3.63) is 47.3 Å². The van der Waals surface area contributed by atoms with Crippen molar-refractivity contribution < 1.29 is 4.74 Å². The quantitative estimate of drug-likeness (QED) is 0.908. The van der Waals surface area contributed by atoms with E-state index in [1.807, 2.05) is 24.1 Å². The van der Waals surface area contributed by atoms with E-state index in [0.29, 0.717) is 12.6 Å². The van der Waals surface area contributed by atoms with Gasteiger partial charge in [-0.2, -0.15) is 5.10 Å². The van der Waals surface area contributed by atoms with Crippen LogP contribution in [0.2, 0.25) is 0 Å². The highest BCUT2D eigenvalue weighted by Gasteiger charge is 2.23. The van der Waals surface area contributed by atoms with Gasteiger partial charge in [0, 0.05) is 24.3 Å². The van der Waals surface area contributed by atoms with E-state index >= 15 is 0 Å². The van der Waals surface area contributed by atoms with Crippen molar-refractivity contribution in [2.45, 2.75) is 39.0 Å². The van der Waals surface area contributed by atoms with Crippen LogP contribution < -0.4 is 10.1 Å². The molecular weight excluding hydrogens is 250 g/mol. The lowest BCUT2D eigenvalue weighted by atomic mass is 10.1. The van der Waals surface area contributed by atoms with Crippen molar-refractivity contribution in [2.75, 3.05) is 7.05 Å². The molecule has 1 aliphatic carbocycles. The summed E-state index contributed by atoms with van der Waals surface area (Å²) < 4.78 is 7.93. The van der Waals surface area contributed by atoms with Crippen LogP contribution in [-0.2, 0) is 19.6 Å². The Morgan fingerprint density at radius 3 is 3.10 bits per heavy atom. The Kier molecular flexibility index (Phi) is 3.74. The summed E-state index contributed by atoms with van der Waals surface area (Å²) in [6.45, 7) is 3.56. The first-order valence-corrected chi connectivity index (χ1v) is 7.25. The molecule has 4 heteroatoms. The first kappa shape index (κ1) is 13.2. The Labute approximate surface area is 119 Å². The fraction of sp³-hybridized carbons (Fsp3) is 0.438. The summed E-state index contributed by atoms with van der Waals surface area (Å²) in [6.07, 6.45) is 6.16. The molecule has 0 radical (unpaired) electrons. The second-order valence-electron chi connectivity index (χ2n) is 5.20. The number of hydrogen-bond acceptors (Lipinski definition) is 3. The minimum absolute atomic E-state index is 0.469. The number of fused-ring (bicyclic) bond motifs is 1. The smallest absolute Gasteiger partial charge is 0.123 e. The third-order valence-electron chi connectivity index (χ3n) is 3.98. The molecule has 0 bridgehead atoms. The maximum absolute atomic E-state index is 6.00. The molecule has 0 aliphatic heterocycles. The number of rotatable bonds is 5. The van der Waals surface area contributed by atoms with Crippen LogP contribution in [0, 0.1) is 0 Å². The highest BCUT2D eigenvalue weighted by atomic mass is 16.5. The molecule has 20 heavy (non-hydrogen) atoms. The van der Waals surface area contributed by atoms with Gasteiger partial charge in [0.25, 0.3) is 0 Å². The van der Waals surface area contributed by atoms with E-state index in [2.05, 4.69) is 35.5 Å². The average Bonchev–Trinajstić information content (AvgIpc) is 3.11. The third kappa shape index (κ3) is 2.43. The Bertz CT molecular complexity index is 591. The molecule has 0 spiro atoms. The first-order valence-electron chi connectivity index (χ1n) is 7.25. The Morgan fingerprint density at radius 1 is 1.45 bits per heavy atom. The van der Waals surface area contributed by atoms with E-state index in [4.69, 9.17) is 4.74 Å². The average molecular weight is 271 g/mol. The molecule has 4 nitrogen and oxygen atoms in total. The molecule has 0 saturated heterocycles. The van der Waals surface area contributed by atoms with Gasteiger partial charge in [0.2, 0.25) is 0 Å². The number of nitrogens with one attached hydrogen (secondary N) is 1. The highest BCUT2D eigenvalue weighted by molar-refractivity contribution is 5.45. The topological polar surface area (TPSA) is 39.1 Å². The van der Waals surface area contributed by atoms with Gasteiger partial charge in [0.1, 0.15) is 12.4 Å². The predicted molar refractivity (Wildman–Crippen MR) is 78.8 cm³/mol. The van der Waals surface area contributed by atoms with Crippen LogP contribution >= 0.6 is 0 Å². The zero-order valence-electron chi connectivity index (χ0n) is 12.1. The van der Waals surface area contributed by atoms with Crippen molar-refractivity contribution in [1.82, 2.24) is 15.1 Å². The third-order valence-corrected chi connectivity index (χ3v) is 3.98.